The van der Waals surface area contributed by atoms with Gasteiger partial charge in [-0.25, -0.2) is 17.9 Å². The van der Waals surface area contributed by atoms with Crippen LogP contribution in [-0.2, 0) is 16.6 Å². The highest BCUT2D eigenvalue weighted by Gasteiger charge is 2.16. The number of aromatic carboxylic acids is 1. The molecule has 2 N–H and O–H groups in total. The van der Waals surface area contributed by atoms with Crippen molar-refractivity contribution in [1.82, 2.24) is 4.72 Å². The Morgan fingerprint density at radius 3 is 2.62 bits per heavy atom. The fourth-order valence-electron chi connectivity index (χ4n) is 1.48. The summed E-state index contributed by atoms with van der Waals surface area (Å²) in [6.07, 6.45) is 0. The zero-order chi connectivity index (χ0) is 15.6. The summed E-state index contributed by atoms with van der Waals surface area (Å²) < 4.78 is 31.9. The number of hydrogen-bond donors (Lipinski definition) is 2. The van der Waals surface area contributed by atoms with Crippen molar-refractivity contribution in [3.63, 3.8) is 0 Å². The minimum Gasteiger partial charge on any atom is -0.475 e. The molecule has 2 aromatic rings. The molecule has 0 saturated carbocycles. The monoisotopic (exact) mass is 393 g/mol. The van der Waals surface area contributed by atoms with Crippen LogP contribution in [0.4, 0.5) is 0 Å². The van der Waals surface area contributed by atoms with Gasteiger partial charge in [-0.3, -0.25) is 0 Å². The number of sulfonamides is 1. The molecule has 112 valence electrons. The van der Waals surface area contributed by atoms with Crippen molar-refractivity contribution in [2.45, 2.75) is 11.4 Å². The summed E-state index contributed by atoms with van der Waals surface area (Å²) in [5.74, 6) is -1.27. The van der Waals surface area contributed by atoms with Gasteiger partial charge in [-0.15, -0.1) is 0 Å². The molecule has 0 atom stereocenters. The van der Waals surface area contributed by atoms with Crippen molar-refractivity contribution in [1.29, 1.82) is 0 Å². The second kappa shape index (κ2) is 6.18. The van der Waals surface area contributed by atoms with Gasteiger partial charge in [0.2, 0.25) is 15.8 Å². The molecule has 1 heterocycles. The smallest absolute Gasteiger partial charge is 0.371 e. The molecule has 0 aliphatic heterocycles. The molecular weight excluding hydrogens is 386 g/mol. The van der Waals surface area contributed by atoms with Gasteiger partial charge in [-0.1, -0.05) is 11.6 Å². The highest BCUT2D eigenvalue weighted by Crippen LogP contribution is 2.25. The Morgan fingerprint density at radius 2 is 2.05 bits per heavy atom. The van der Waals surface area contributed by atoms with Gasteiger partial charge in [0.15, 0.2) is 0 Å². The van der Waals surface area contributed by atoms with E-state index in [9.17, 15) is 13.2 Å². The predicted octanol–water partition coefficient (Wildman–Crippen LogP) is 2.87. The van der Waals surface area contributed by atoms with E-state index in [2.05, 4.69) is 20.7 Å². The zero-order valence-corrected chi connectivity index (χ0v) is 13.5. The minimum absolute atomic E-state index is 0.0313. The van der Waals surface area contributed by atoms with Gasteiger partial charge in [0.25, 0.3) is 0 Å². The second-order valence-corrected chi connectivity index (χ2v) is 7.00. The Morgan fingerprint density at radius 1 is 1.33 bits per heavy atom. The van der Waals surface area contributed by atoms with Crippen molar-refractivity contribution in [3.05, 3.63) is 51.3 Å². The largest absolute Gasteiger partial charge is 0.475 e. The van der Waals surface area contributed by atoms with E-state index < -0.39 is 16.0 Å². The molecule has 21 heavy (non-hydrogen) atoms. The van der Waals surface area contributed by atoms with Crippen LogP contribution in [0.2, 0.25) is 5.02 Å². The van der Waals surface area contributed by atoms with Gasteiger partial charge in [-0.2, -0.15) is 0 Å². The number of halogens is 2. The third kappa shape index (κ3) is 3.85. The van der Waals surface area contributed by atoms with Crippen LogP contribution in [-0.4, -0.2) is 19.5 Å². The SMILES string of the molecule is O=C(O)c1ccc(CNS(=O)(=O)c2ccc(Cl)c(Br)c2)o1. The molecule has 1 aromatic heterocycles. The number of nitrogens with one attached hydrogen (secondary N) is 1. The van der Waals surface area contributed by atoms with Gasteiger partial charge < -0.3 is 9.52 Å². The van der Waals surface area contributed by atoms with Gasteiger partial charge >= 0.3 is 5.97 Å². The first kappa shape index (κ1) is 16.0. The highest BCUT2D eigenvalue weighted by atomic mass is 79.9. The maximum Gasteiger partial charge on any atom is 0.371 e. The quantitative estimate of drug-likeness (QED) is 0.813. The van der Waals surface area contributed by atoms with Crippen LogP contribution in [0.15, 0.2) is 44.1 Å². The first-order valence-corrected chi connectivity index (χ1v) is 8.22. The molecule has 0 saturated heterocycles. The van der Waals surface area contributed by atoms with E-state index in [0.717, 1.165) is 0 Å². The summed E-state index contributed by atoms with van der Waals surface area (Å²) in [5, 5.41) is 9.11. The fraction of sp³-hybridized carbons (Fsp3) is 0.0833. The second-order valence-electron chi connectivity index (χ2n) is 3.97. The first-order chi connectivity index (χ1) is 9.79. The number of carboxylic acids is 1. The lowest BCUT2D eigenvalue weighted by Crippen LogP contribution is -2.23. The normalized spacial score (nSPS) is 11.5. The molecule has 1 aromatic carbocycles. The number of benzene rings is 1. The standard InChI is InChI=1S/C12H9BrClNO5S/c13-9-5-8(2-3-10(9)14)21(18,19)15-6-7-1-4-11(20-7)12(16)17/h1-5,15H,6H2,(H,16,17). The van der Waals surface area contributed by atoms with E-state index in [-0.39, 0.29) is 23.0 Å². The van der Waals surface area contributed by atoms with Crippen molar-refractivity contribution in [3.8, 4) is 0 Å². The maximum absolute atomic E-state index is 12.1. The molecule has 0 radical (unpaired) electrons. The first-order valence-electron chi connectivity index (χ1n) is 5.56. The number of rotatable bonds is 5. The van der Waals surface area contributed by atoms with Crippen molar-refractivity contribution >= 4 is 43.5 Å². The van der Waals surface area contributed by atoms with Crippen LogP contribution in [0.3, 0.4) is 0 Å². The molecule has 0 amide bonds. The van der Waals surface area contributed by atoms with Crippen LogP contribution >= 0.6 is 27.5 Å². The average molecular weight is 395 g/mol. The van der Waals surface area contributed by atoms with Gasteiger partial charge in [0, 0.05) is 4.47 Å². The summed E-state index contributed by atoms with van der Waals surface area (Å²) in [5.41, 5.74) is 0. The zero-order valence-electron chi connectivity index (χ0n) is 10.3. The Bertz CT molecular complexity index is 787. The minimum atomic E-state index is -3.75. The molecule has 0 spiro atoms. The summed E-state index contributed by atoms with van der Waals surface area (Å²) in [6.45, 7) is -0.157. The van der Waals surface area contributed by atoms with E-state index >= 15 is 0 Å². The van der Waals surface area contributed by atoms with Crippen molar-refractivity contribution < 1.29 is 22.7 Å². The van der Waals surface area contributed by atoms with Crippen LogP contribution in [0.1, 0.15) is 16.3 Å². The number of carboxylic acid groups (broad SMARTS) is 1. The Labute approximate surface area is 133 Å². The summed E-state index contributed by atoms with van der Waals surface area (Å²) in [7, 11) is -3.75. The summed E-state index contributed by atoms with van der Waals surface area (Å²) >= 11 is 8.95. The lowest BCUT2D eigenvalue weighted by Gasteiger charge is -2.06. The number of furan rings is 1. The number of hydrogen-bond acceptors (Lipinski definition) is 4. The van der Waals surface area contributed by atoms with Gasteiger partial charge in [-0.05, 0) is 46.3 Å². The summed E-state index contributed by atoms with van der Waals surface area (Å²) in [6, 6.07) is 6.83. The summed E-state index contributed by atoms with van der Waals surface area (Å²) in [4.78, 5) is 10.7. The fourth-order valence-corrected chi connectivity index (χ4v) is 3.15. The molecule has 2 rings (SSSR count). The Hall–Kier alpha value is -1.35. The average Bonchev–Trinajstić information content (AvgIpc) is 2.89. The van der Waals surface area contributed by atoms with E-state index in [0.29, 0.717) is 9.50 Å². The molecular formula is C12H9BrClNO5S. The molecule has 6 nitrogen and oxygen atoms in total. The van der Waals surface area contributed by atoms with Crippen molar-refractivity contribution in [2.24, 2.45) is 0 Å². The van der Waals surface area contributed by atoms with Gasteiger partial charge in [0.05, 0.1) is 16.5 Å². The molecule has 0 aliphatic rings. The maximum atomic E-state index is 12.1. The number of carbonyl (C=O) groups is 1. The molecule has 0 bridgehead atoms. The molecule has 0 aliphatic carbocycles. The van der Waals surface area contributed by atoms with Crippen LogP contribution in [0.25, 0.3) is 0 Å². The van der Waals surface area contributed by atoms with Gasteiger partial charge in [0.1, 0.15) is 5.76 Å². The highest BCUT2D eigenvalue weighted by molar-refractivity contribution is 9.10. The Balaban J connectivity index is 2.13. The van der Waals surface area contributed by atoms with Crippen molar-refractivity contribution in [2.75, 3.05) is 0 Å². The predicted molar refractivity (Wildman–Crippen MR) is 78.8 cm³/mol. The third-order valence-corrected chi connectivity index (χ3v) is 5.12. The van der Waals surface area contributed by atoms with E-state index in [1.165, 1.54) is 30.3 Å². The molecule has 9 heteroatoms. The molecule has 0 fully saturated rings. The lowest BCUT2D eigenvalue weighted by atomic mass is 10.4. The Kier molecular flexibility index (Phi) is 4.72. The molecule has 0 unspecified atom stereocenters. The van der Waals surface area contributed by atoms with Crippen LogP contribution in [0, 0.1) is 0 Å². The van der Waals surface area contributed by atoms with E-state index in [4.69, 9.17) is 21.1 Å². The van der Waals surface area contributed by atoms with Crippen LogP contribution < -0.4 is 4.72 Å². The lowest BCUT2D eigenvalue weighted by molar-refractivity contribution is 0.0660. The third-order valence-electron chi connectivity index (χ3n) is 2.51. The van der Waals surface area contributed by atoms with E-state index in [1.807, 2.05) is 0 Å². The van der Waals surface area contributed by atoms with E-state index in [1.54, 1.807) is 0 Å². The van der Waals surface area contributed by atoms with Crippen LogP contribution in [0.5, 0.6) is 0 Å². The topological polar surface area (TPSA) is 96.6 Å².